The Morgan fingerprint density at radius 1 is 1.55 bits per heavy atom. The lowest BCUT2D eigenvalue weighted by Gasteiger charge is -2.19. The van der Waals surface area contributed by atoms with Gasteiger partial charge in [-0.3, -0.25) is 5.10 Å². The molecule has 1 aromatic rings. The van der Waals surface area contributed by atoms with Crippen molar-refractivity contribution in [1.29, 1.82) is 0 Å². The fraction of sp³-hybridized carbons (Fsp3) is 0.714. The predicted molar refractivity (Wildman–Crippen MR) is 38.9 cm³/mol. The zero-order valence-electron chi connectivity index (χ0n) is 6.29. The number of aromatic nitrogens is 3. The number of hydrogen-bond donors (Lipinski definition) is 1. The van der Waals surface area contributed by atoms with Gasteiger partial charge in [0, 0.05) is 6.61 Å². The van der Waals surface area contributed by atoms with Crippen LogP contribution in [-0.4, -0.2) is 21.8 Å². The second kappa shape index (κ2) is 3.00. The lowest BCUT2D eigenvalue weighted by atomic mass is 10.1. The molecular weight excluding hydrogens is 142 g/mol. The Kier molecular flexibility index (Phi) is 1.85. The fourth-order valence-electron chi connectivity index (χ4n) is 1.33. The molecule has 0 aliphatic carbocycles. The lowest BCUT2D eigenvalue weighted by Crippen LogP contribution is -2.12. The maximum Gasteiger partial charge on any atom is 0.153 e. The number of aromatic amines is 1. The monoisotopic (exact) mass is 153 g/mol. The van der Waals surface area contributed by atoms with Crippen molar-refractivity contribution in [2.24, 2.45) is 0 Å². The summed E-state index contributed by atoms with van der Waals surface area (Å²) < 4.78 is 5.49. The Morgan fingerprint density at radius 2 is 2.55 bits per heavy atom. The second-order valence-corrected chi connectivity index (χ2v) is 2.73. The number of ether oxygens (including phenoxy) is 1. The van der Waals surface area contributed by atoms with E-state index in [2.05, 4.69) is 15.2 Å². The standard InChI is InChI=1S/C7H11N3O/c1-2-4-11-6(3-1)7-8-5-9-10-7/h5-6H,1-4H2,(H,8,9,10). The molecule has 11 heavy (non-hydrogen) atoms. The number of rotatable bonds is 1. The predicted octanol–water partition coefficient (Wildman–Crippen LogP) is 1.05. The van der Waals surface area contributed by atoms with Crippen molar-refractivity contribution in [2.45, 2.75) is 25.4 Å². The van der Waals surface area contributed by atoms with Gasteiger partial charge in [-0.2, -0.15) is 5.10 Å². The summed E-state index contributed by atoms with van der Waals surface area (Å²) in [7, 11) is 0. The molecule has 60 valence electrons. The van der Waals surface area contributed by atoms with Crippen molar-refractivity contribution in [3.05, 3.63) is 12.2 Å². The van der Waals surface area contributed by atoms with Gasteiger partial charge in [-0.1, -0.05) is 0 Å². The first-order chi connectivity index (χ1) is 5.47. The number of hydrogen-bond acceptors (Lipinski definition) is 3. The molecule has 1 aliphatic rings. The van der Waals surface area contributed by atoms with Crippen LogP contribution in [0.5, 0.6) is 0 Å². The summed E-state index contributed by atoms with van der Waals surface area (Å²) in [4.78, 5) is 4.05. The number of H-pyrrole nitrogens is 1. The van der Waals surface area contributed by atoms with Gasteiger partial charge >= 0.3 is 0 Å². The summed E-state index contributed by atoms with van der Waals surface area (Å²) in [5.74, 6) is 0.865. The average molecular weight is 153 g/mol. The van der Waals surface area contributed by atoms with Gasteiger partial charge in [0.25, 0.3) is 0 Å². The van der Waals surface area contributed by atoms with E-state index in [0.29, 0.717) is 0 Å². The summed E-state index contributed by atoms with van der Waals surface area (Å²) in [5.41, 5.74) is 0. The van der Waals surface area contributed by atoms with Gasteiger partial charge in [0.15, 0.2) is 5.82 Å². The van der Waals surface area contributed by atoms with Gasteiger partial charge in [-0.15, -0.1) is 0 Å². The van der Waals surface area contributed by atoms with Crippen LogP contribution in [0.2, 0.25) is 0 Å². The molecule has 0 radical (unpaired) electrons. The van der Waals surface area contributed by atoms with Crippen LogP contribution in [0, 0.1) is 0 Å². The van der Waals surface area contributed by atoms with Crippen molar-refractivity contribution < 1.29 is 4.74 Å². The molecule has 1 atom stereocenters. The summed E-state index contributed by atoms with van der Waals surface area (Å²) in [6.07, 6.45) is 5.14. The van der Waals surface area contributed by atoms with E-state index in [1.165, 1.54) is 19.2 Å². The molecule has 2 heterocycles. The summed E-state index contributed by atoms with van der Waals surface area (Å²) in [5, 5.41) is 6.60. The van der Waals surface area contributed by atoms with Crippen molar-refractivity contribution in [3.63, 3.8) is 0 Å². The van der Waals surface area contributed by atoms with Crippen LogP contribution in [0.15, 0.2) is 6.33 Å². The fourth-order valence-corrected chi connectivity index (χ4v) is 1.33. The van der Waals surface area contributed by atoms with Crippen LogP contribution in [-0.2, 0) is 4.74 Å². The minimum atomic E-state index is 0.159. The minimum absolute atomic E-state index is 0.159. The first kappa shape index (κ1) is 6.79. The third-order valence-corrected chi connectivity index (χ3v) is 1.92. The minimum Gasteiger partial charge on any atom is -0.370 e. The molecule has 0 aromatic carbocycles. The Bertz CT molecular complexity index is 203. The van der Waals surface area contributed by atoms with Gasteiger partial charge in [-0.25, -0.2) is 4.98 Å². The highest BCUT2D eigenvalue weighted by molar-refractivity contribution is 4.88. The summed E-state index contributed by atoms with van der Waals surface area (Å²) in [6.45, 7) is 0.853. The molecule has 1 fully saturated rings. The molecule has 0 bridgehead atoms. The molecule has 1 saturated heterocycles. The summed E-state index contributed by atoms with van der Waals surface area (Å²) in [6, 6.07) is 0. The van der Waals surface area contributed by atoms with Crippen LogP contribution in [0.3, 0.4) is 0 Å². The maximum atomic E-state index is 5.49. The highest BCUT2D eigenvalue weighted by Crippen LogP contribution is 2.24. The molecule has 0 spiro atoms. The van der Waals surface area contributed by atoms with Crippen molar-refractivity contribution in [2.75, 3.05) is 6.61 Å². The zero-order chi connectivity index (χ0) is 7.52. The first-order valence-corrected chi connectivity index (χ1v) is 3.93. The molecule has 1 unspecified atom stereocenters. The Hall–Kier alpha value is -0.900. The molecule has 1 N–H and O–H groups in total. The number of nitrogens with zero attached hydrogens (tertiary/aromatic N) is 2. The van der Waals surface area contributed by atoms with Crippen molar-refractivity contribution >= 4 is 0 Å². The lowest BCUT2D eigenvalue weighted by molar-refractivity contribution is 0.00967. The highest BCUT2D eigenvalue weighted by atomic mass is 16.5. The van der Waals surface area contributed by atoms with Gasteiger partial charge in [-0.05, 0) is 19.3 Å². The topological polar surface area (TPSA) is 50.8 Å². The zero-order valence-corrected chi connectivity index (χ0v) is 6.29. The van der Waals surface area contributed by atoms with E-state index in [1.807, 2.05) is 0 Å². The van der Waals surface area contributed by atoms with Gasteiger partial charge in [0.1, 0.15) is 12.4 Å². The van der Waals surface area contributed by atoms with Gasteiger partial charge in [0.05, 0.1) is 0 Å². The van der Waals surface area contributed by atoms with Crippen molar-refractivity contribution in [3.8, 4) is 0 Å². The molecule has 0 amide bonds. The third-order valence-electron chi connectivity index (χ3n) is 1.92. The largest absolute Gasteiger partial charge is 0.370 e. The van der Waals surface area contributed by atoms with Crippen LogP contribution in [0.1, 0.15) is 31.2 Å². The van der Waals surface area contributed by atoms with E-state index >= 15 is 0 Å². The van der Waals surface area contributed by atoms with Crippen LogP contribution in [0.4, 0.5) is 0 Å². The Balaban J connectivity index is 2.04. The molecule has 4 nitrogen and oxygen atoms in total. The van der Waals surface area contributed by atoms with Gasteiger partial charge < -0.3 is 4.74 Å². The number of nitrogens with one attached hydrogen (secondary N) is 1. The average Bonchev–Trinajstić information content (AvgIpc) is 2.58. The summed E-state index contributed by atoms with van der Waals surface area (Å²) >= 11 is 0. The smallest absolute Gasteiger partial charge is 0.153 e. The Morgan fingerprint density at radius 3 is 3.18 bits per heavy atom. The maximum absolute atomic E-state index is 5.49. The molecule has 2 rings (SSSR count). The van der Waals surface area contributed by atoms with Crippen LogP contribution in [0.25, 0.3) is 0 Å². The van der Waals surface area contributed by atoms with E-state index in [0.717, 1.165) is 18.9 Å². The normalized spacial score (nSPS) is 25.3. The van der Waals surface area contributed by atoms with E-state index in [4.69, 9.17) is 4.74 Å². The van der Waals surface area contributed by atoms with E-state index in [-0.39, 0.29) is 6.10 Å². The van der Waals surface area contributed by atoms with Gasteiger partial charge in [0.2, 0.25) is 0 Å². The highest BCUT2D eigenvalue weighted by Gasteiger charge is 2.17. The van der Waals surface area contributed by atoms with Crippen LogP contribution >= 0.6 is 0 Å². The third kappa shape index (κ3) is 1.40. The van der Waals surface area contributed by atoms with E-state index < -0.39 is 0 Å². The van der Waals surface area contributed by atoms with Crippen molar-refractivity contribution in [1.82, 2.24) is 15.2 Å². The van der Waals surface area contributed by atoms with E-state index in [9.17, 15) is 0 Å². The quantitative estimate of drug-likeness (QED) is 0.656. The Labute approximate surface area is 65.0 Å². The molecule has 0 saturated carbocycles. The molecule has 1 aliphatic heterocycles. The SMILES string of the molecule is c1n[nH]c(C2CCCCO2)n1. The second-order valence-electron chi connectivity index (χ2n) is 2.73. The molecule has 1 aromatic heterocycles. The molecular formula is C7H11N3O. The molecule has 4 heteroatoms. The first-order valence-electron chi connectivity index (χ1n) is 3.93. The van der Waals surface area contributed by atoms with Crippen LogP contribution < -0.4 is 0 Å². The van der Waals surface area contributed by atoms with E-state index in [1.54, 1.807) is 0 Å².